The maximum atomic E-state index is 5.51. The van der Waals surface area contributed by atoms with Gasteiger partial charge in [-0.2, -0.15) is 4.98 Å². The van der Waals surface area contributed by atoms with Gasteiger partial charge in [-0.3, -0.25) is 4.98 Å². The lowest BCUT2D eigenvalue weighted by Gasteiger charge is -2.09. The molecule has 0 aliphatic rings. The topological polar surface area (TPSA) is 59.9 Å². The molecular weight excluding hydrogens is 272 g/mol. The average Bonchev–Trinajstić information content (AvgIpc) is 2.86. The van der Waals surface area contributed by atoms with Gasteiger partial charge in [-0.1, -0.05) is 6.92 Å². The van der Waals surface area contributed by atoms with Gasteiger partial charge in [0.15, 0.2) is 0 Å². The molecule has 6 heteroatoms. The molecule has 108 valence electrons. The highest BCUT2D eigenvalue weighted by molar-refractivity contribution is 7.11. The second-order valence-corrected chi connectivity index (χ2v) is 5.86. The van der Waals surface area contributed by atoms with E-state index in [0.717, 1.165) is 30.2 Å². The minimum absolute atomic E-state index is 0.0994. The molecule has 0 fully saturated rings. The minimum atomic E-state index is 0.0994. The van der Waals surface area contributed by atoms with Crippen LogP contribution in [-0.2, 0) is 12.8 Å². The van der Waals surface area contributed by atoms with E-state index in [4.69, 9.17) is 4.74 Å². The van der Waals surface area contributed by atoms with Crippen molar-refractivity contribution in [3.05, 3.63) is 28.5 Å². The Morgan fingerprint density at radius 2 is 2.15 bits per heavy atom. The molecule has 5 nitrogen and oxygen atoms in total. The van der Waals surface area contributed by atoms with Gasteiger partial charge < -0.3 is 10.1 Å². The molecule has 2 heterocycles. The zero-order valence-corrected chi connectivity index (χ0v) is 12.9. The number of anilines is 1. The molecule has 0 aliphatic carbocycles. The van der Waals surface area contributed by atoms with Crippen LogP contribution >= 0.6 is 11.3 Å². The van der Waals surface area contributed by atoms with Gasteiger partial charge in [0.2, 0.25) is 5.88 Å². The highest BCUT2D eigenvalue weighted by atomic mass is 32.1. The molecule has 0 atom stereocenters. The van der Waals surface area contributed by atoms with E-state index in [0.29, 0.717) is 5.88 Å². The number of hydrogen-bond acceptors (Lipinski definition) is 6. The van der Waals surface area contributed by atoms with Gasteiger partial charge in [0.1, 0.15) is 5.82 Å². The van der Waals surface area contributed by atoms with Crippen molar-refractivity contribution in [1.82, 2.24) is 15.0 Å². The number of nitrogens with one attached hydrogen (secondary N) is 1. The molecule has 1 N–H and O–H groups in total. The fraction of sp³-hybridized carbons (Fsp3) is 0.500. The summed E-state index contributed by atoms with van der Waals surface area (Å²) >= 11 is 1.77. The molecule has 0 saturated heterocycles. The van der Waals surface area contributed by atoms with E-state index in [1.165, 1.54) is 4.88 Å². The van der Waals surface area contributed by atoms with E-state index < -0.39 is 0 Å². The van der Waals surface area contributed by atoms with Crippen LogP contribution in [0.5, 0.6) is 5.88 Å². The molecule has 2 aromatic heterocycles. The second-order valence-electron chi connectivity index (χ2n) is 4.66. The van der Waals surface area contributed by atoms with Gasteiger partial charge in [-0.15, -0.1) is 11.3 Å². The van der Waals surface area contributed by atoms with E-state index >= 15 is 0 Å². The normalized spacial score (nSPS) is 10.8. The molecular formula is C14H20N4OS. The Balaban J connectivity index is 1.84. The third-order valence-corrected chi connectivity index (χ3v) is 3.77. The van der Waals surface area contributed by atoms with Crippen molar-refractivity contribution >= 4 is 17.2 Å². The SMILES string of the molecule is CCc1cnc(CCNc2cncc(OC(C)C)n2)s1. The van der Waals surface area contributed by atoms with Crippen LogP contribution in [-0.4, -0.2) is 27.6 Å². The van der Waals surface area contributed by atoms with Gasteiger partial charge in [0.25, 0.3) is 0 Å². The van der Waals surface area contributed by atoms with Crippen LogP contribution in [0.3, 0.4) is 0 Å². The first-order chi connectivity index (χ1) is 9.67. The molecule has 0 saturated carbocycles. The summed E-state index contributed by atoms with van der Waals surface area (Å²) in [6.45, 7) is 6.87. The third kappa shape index (κ3) is 4.45. The molecule has 0 unspecified atom stereocenters. The van der Waals surface area contributed by atoms with Crippen LogP contribution in [0, 0.1) is 0 Å². The minimum Gasteiger partial charge on any atom is -0.474 e. The van der Waals surface area contributed by atoms with Crippen molar-refractivity contribution in [3.63, 3.8) is 0 Å². The quantitative estimate of drug-likeness (QED) is 0.850. The predicted octanol–water partition coefficient (Wildman–Crippen LogP) is 2.94. The van der Waals surface area contributed by atoms with E-state index in [1.54, 1.807) is 23.7 Å². The fourth-order valence-electron chi connectivity index (χ4n) is 1.66. The smallest absolute Gasteiger partial charge is 0.234 e. The van der Waals surface area contributed by atoms with Crippen LogP contribution in [0.25, 0.3) is 0 Å². The first kappa shape index (κ1) is 14.7. The van der Waals surface area contributed by atoms with Crippen molar-refractivity contribution in [2.45, 2.75) is 39.7 Å². The summed E-state index contributed by atoms with van der Waals surface area (Å²) in [5.74, 6) is 1.28. The van der Waals surface area contributed by atoms with Crippen LogP contribution in [0.15, 0.2) is 18.6 Å². The summed E-state index contributed by atoms with van der Waals surface area (Å²) in [5.41, 5.74) is 0. The number of hydrogen-bond donors (Lipinski definition) is 1. The van der Waals surface area contributed by atoms with E-state index in [2.05, 4.69) is 27.2 Å². The lowest BCUT2D eigenvalue weighted by molar-refractivity contribution is 0.232. The summed E-state index contributed by atoms with van der Waals surface area (Å²) in [4.78, 5) is 14.2. The van der Waals surface area contributed by atoms with Crippen LogP contribution in [0.2, 0.25) is 0 Å². The number of thiazole rings is 1. The zero-order valence-electron chi connectivity index (χ0n) is 12.1. The Bertz CT molecular complexity index is 541. The fourth-order valence-corrected chi connectivity index (χ4v) is 2.52. The average molecular weight is 292 g/mol. The van der Waals surface area contributed by atoms with Crippen molar-refractivity contribution in [3.8, 4) is 5.88 Å². The molecule has 0 aromatic carbocycles. The molecule has 0 radical (unpaired) electrons. The van der Waals surface area contributed by atoms with Gasteiger partial charge >= 0.3 is 0 Å². The number of aryl methyl sites for hydroxylation is 1. The maximum absolute atomic E-state index is 5.51. The summed E-state index contributed by atoms with van der Waals surface area (Å²) in [6, 6.07) is 0. The Morgan fingerprint density at radius 1 is 1.30 bits per heavy atom. The van der Waals surface area contributed by atoms with Crippen LogP contribution < -0.4 is 10.1 Å². The monoisotopic (exact) mass is 292 g/mol. The molecule has 0 aliphatic heterocycles. The number of aromatic nitrogens is 3. The van der Waals surface area contributed by atoms with Gasteiger partial charge in [-0.25, -0.2) is 4.98 Å². The van der Waals surface area contributed by atoms with Gasteiger partial charge in [0.05, 0.1) is 23.5 Å². The lowest BCUT2D eigenvalue weighted by atomic mass is 10.4. The molecule has 20 heavy (non-hydrogen) atoms. The zero-order chi connectivity index (χ0) is 14.4. The van der Waals surface area contributed by atoms with Crippen molar-refractivity contribution < 1.29 is 4.74 Å². The van der Waals surface area contributed by atoms with Gasteiger partial charge in [-0.05, 0) is 20.3 Å². The van der Waals surface area contributed by atoms with E-state index in [9.17, 15) is 0 Å². The first-order valence-corrected chi connectivity index (χ1v) is 7.65. The van der Waals surface area contributed by atoms with Crippen molar-refractivity contribution in [2.75, 3.05) is 11.9 Å². The van der Waals surface area contributed by atoms with Crippen LogP contribution in [0.4, 0.5) is 5.82 Å². The van der Waals surface area contributed by atoms with Crippen molar-refractivity contribution in [2.24, 2.45) is 0 Å². The Hall–Kier alpha value is -1.69. The molecule has 2 rings (SSSR count). The lowest BCUT2D eigenvalue weighted by Crippen LogP contribution is -2.10. The highest BCUT2D eigenvalue weighted by Crippen LogP contribution is 2.14. The Morgan fingerprint density at radius 3 is 2.85 bits per heavy atom. The highest BCUT2D eigenvalue weighted by Gasteiger charge is 2.03. The Labute approximate surface area is 123 Å². The van der Waals surface area contributed by atoms with Gasteiger partial charge in [0, 0.05) is 24.0 Å². The van der Waals surface area contributed by atoms with E-state index in [-0.39, 0.29) is 6.10 Å². The third-order valence-electron chi connectivity index (χ3n) is 2.56. The number of ether oxygens (including phenoxy) is 1. The molecule has 0 amide bonds. The largest absolute Gasteiger partial charge is 0.474 e. The summed E-state index contributed by atoms with van der Waals surface area (Å²) < 4.78 is 5.51. The summed E-state index contributed by atoms with van der Waals surface area (Å²) in [6.07, 6.45) is 7.32. The van der Waals surface area contributed by atoms with Crippen LogP contribution in [0.1, 0.15) is 30.7 Å². The number of nitrogens with zero attached hydrogens (tertiary/aromatic N) is 3. The second kappa shape index (κ2) is 7.19. The molecule has 0 bridgehead atoms. The Kier molecular flexibility index (Phi) is 5.29. The molecule has 2 aromatic rings. The summed E-state index contributed by atoms with van der Waals surface area (Å²) in [5, 5.41) is 4.40. The van der Waals surface area contributed by atoms with E-state index in [1.807, 2.05) is 20.0 Å². The first-order valence-electron chi connectivity index (χ1n) is 6.83. The summed E-state index contributed by atoms with van der Waals surface area (Å²) in [7, 11) is 0. The maximum Gasteiger partial charge on any atom is 0.234 e. The van der Waals surface area contributed by atoms with Crippen molar-refractivity contribution in [1.29, 1.82) is 0 Å². The number of rotatable bonds is 7. The predicted molar refractivity (Wildman–Crippen MR) is 81.5 cm³/mol. The standard InChI is InChI=1S/C14H20N4OS/c1-4-11-7-17-14(20-11)5-6-16-12-8-15-9-13(18-12)19-10(2)3/h7-10H,4-6H2,1-3H3,(H,16,18). The molecule has 0 spiro atoms.